The van der Waals surface area contributed by atoms with Crippen LogP contribution in [-0.2, 0) is 35.9 Å². The molecule has 0 saturated carbocycles. The zero-order valence-corrected chi connectivity index (χ0v) is 13.8. The van der Waals surface area contributed by atoms with Crippen molar-refractivity contribution >= 4 is 21.5 Å². The first kappa shape index (κ1) is 14.1. The molecule has 0 unspecified atom stereocenters. The quantitative estimate of drug-likeness (QED) is 0.667. The van der Waals surface area contributed by atoms with Gasteiger partial charge in [0.1, 0.15) is 11.5 Å². The van der Waals surface area contributed by atoms with E-state index in [1.807, 2.05) is 0 Å². The van der Waals surface area contributed by atoms with Crippen LogP contribution < -0.4 is 9.47 Å². The van der Waals surface area contributed by atoms with Crippen molar-refractivity contribution in [3.63, 3.8) is 0 Å². The van der Waals surface area contributed by atoms with E-state index in [1.165, 1.54) is 22.3 Å². The molecule has 122 valence electrons. The summed E-state index contributed by atoms with van der Waals surface area (Å²) < 4.78 is 22.8. The van der Waals surface area contributed by atoms with Crippen molar-refractivity contribution in [2.24, 2.45) is 0 Å². The third kappa shape index (κ3) is 1.81. The van der Waals surface area contributed by atoms with Crippen LogP contribution in [0.4, 0.5) is 0 Å². The third-order valence-corrected chi connectivity index (χ3v) is 5.10. The number of rotatable bonds is 2. The lowest BCUT2D eigenvalue weighted by Gasteiger charge is -2.17. The molecule has 24 heavy (non-hydrogen) atoms. The predicted octanol–water partition coefficient (Wildman–Crippen LogP) is 4.07. The van der Waals surface area contributed by atoms with Crippen molar-refractivity contribution in [1.29, 1.82) is 0 Å². The Morgan fingerprint density at radius 1 is 0.583 bits per heavy atom. The maximum absolute atomic E-state index is 5.82. The Hall–Kier alpha value is -2.30. The van der Waals surface area contributed by atoms with Crippen LogP contribution in [0.3, 0.4) is 0 Å². The SMILES string of the molecule is COc1c2cc3c(cc2c(OC)c2cc4c(cc12)COC4)COC3. The Kier molecular flexibility index (Phi) is 2.99. The van der Waals surface area contributed by atoms with Crippen LogP contribution in [0.5, 0.6) is 11.5 Å². The number of hydrogen-bond donors (Lipinski definition) is 0. The fourth-order valence-electron chi connectivity index (χ4n) is 3.94. The average Bonchev–Trinajstić information content (AvgIpc) is 3.24. The molecule has 2 heterocycles. The van der Waals surface area contributed by atoms with Crippen molar-refractivity contribution in [2.45, 2.75) is 26.4 Å². The monoisotopic (exact) mass is 322 g/mol. The van der Waals surface area contributed by atoms with E-state index in [0.29, 0.717) is 26.4 Å². The van der Waals surface area contributed by atoms with E-state index < -0.39 is 0 Å². The third-order valence-electron chi connectivity index (χ3n) is 5.10. The summed E-state index contributed by atoms with van der Waals surface area (Å²) in [5.41, 5.74) is 4.91. The molecule has 0 aliphatic carbocycles. The van der Waals surface area contributed by atoms with Crippen LogP contribution in [0.2, 0.25) is 0 Å². The lowest BCUT2D eigenvalue weighted by molar-refractivity contribution is 0.134. The molecular weight excluding hydrogens is 304 g/mol. The number of benzene rings is 3. The first-order valence-electron chi connectivity index (χ1n) is 8.10. The summed E-state index contributed by atoms with van der Waals surface area (Å²) in [5.74, 6) is 1.79. The topological polar surface area (TPSA) is 36.9 Å². The van der Waals surface area contributed by atoms with Gasteiger partial charge in [-0.1, -0.05) is 0 Å². The van der Waals surface area contributed by atoms with Crippen molar-refractivity contribution in [3.8, 4) is 11.5 Å². The smallest absolute Gasteiger partial charge is 0.134 e. The fourth-order valence-corrected chi connectivity index (χ4v) is 3.94. The van der Waals surface area contributed by atoms with Crippen LogP contribution in [-0.4, -0.2) is 14.2 Å². The van der Waals surface area contributed by atoms with Gasteiger partial charge in [0.05, 0.1) is 40.6 Å². The standard InChI is InChI=1S/C20H18O4/c1-21-19-15-3-11-7-23-9-13(11)5-17(15)20(22-2)18-6-14-10-24-8-12(14)4-16(18)19/h3-6H,7-10H2,1-2H3. The number of hydrogen-bond acceptors (Lipinski definition) is 4. The summed E-state index contributed by atoms with van der Waals surface area (Å²) >= 11 is 0. The largest absolute Gasteiger partial charge is 0.495 e. The summed E-state index contributed by atoms with van der Waals surface area (Å²) in [4.78, 5) is 0. The van der Waals surface area contributed by atoms with Gasteiger partial charge in [-0.2, -0.15) is 0 Å². The Morgan fingerprint density at radius 3 is 1.12 bits per heavy atom. The molecule has 0 atom stereocenters. The first-order chi connectivity index (χ1) is 11.8. The van der Waals surface area contributed by atoms with E-state index in [1.54, 1.807) is 14.2 Å². The summed E-state index contributed by atoms with van der Waals surface area (Å²) in [6.07, 6.45) is 0. The van der Waals surface area contributed by atoms with E-state index in [-0.39, 0.29) is 0 Å². The van der Waals surface area contributed by atoms with Gasteiger partial charge >= 0.3 is 0 Å². The summed E-state index contributed by atoms with van der Waals surface area (Å²) in [7, 11) is 3.46. The molecule has 0 fully saturated rings. The highest BCUT2D eigenvalue weighted by molar-refractivity contribution is 6.12. The van der Waals surface area contributed by atoms with Gasteiger partial charge in [-0.05, 0) is 46.5 Å². The molecule has 3 aromatic rings. The molecular formula is C20H18O4. The highest BCUT2D eigenvalue weighted by Crippen LogP contribution is 2.45. The van der Waals surface area contributed by atoms with Crippen LogP contribution in [0.25, 0.3) is 21.5 Å². The number of fused-ring (bicyclic) bond motifs is 4. The van der Waals surface area contributed by atoms with Gasteiger partial charge in [-0.25, -0.2) is 0 Å². The minimum Gasteiger partial charge on any atom is -0.495 e. The van der Waals surface area contributed by atoms with Gasteiger partial charge in [0.25, 0.3) is 0 Å². The highest BCUT2D eigenvalue weighted by atomic mass is 16.5. The van der Waals surface area contributed by atoms with E-state index in [2.05, 4.69) is 24.3 Å². The lowest BCUT2D eigenvalue weighted by atomic mass is 9.94. The van der Waals surface area contributed by atoms with Crippen molar-refractivity contribution in [3.05, 3.63) is 46.5 Å². The van der Waals surface area contributed by atoms with Gasteiger partial charge in [0.2, 0.25) is 0 Å². The Bertz CT molecular complexity index is 837. The second-order valence-corrected chi connectivity index (χ2v) is 6.39. The van der Waals surface area contributed by atoms with Crippen molar-refractivity contribution in [2.75, 3.05) is 14.2 Å². The molecule has 0 spiro atoms. The van der Waals surface area contributed by atoms with Gasteiger partial charge in [0, 0.05) is 21.5 Å². The first-order valence-corrected chi connectivity index (χ1v) is 8.10. The summed E-state index contributed by atoms with van der Waals surface area (Å²) in [5, 5.41) is 4.30. The molecule has 0 N–H and O–H groups in total. The Labute approximate surface area is 139 Å². The Balaban J connectivity index is 1.97. The van der Waals surface area contributed by atoms with E-state index in [0.717, 1.165) is 33.0 Å². The fraction of sp³-hybridized carbons (Fsp3) is 0.300. The van der Waals surface area contributed by atoms with Gasteiger partial charge in [-0.3, -0.25) is 0 Å². The summed E-state index contributed by atoms with van der Waals surface area (Å²) in [6.45, 7) is 2.64. The van der Waals surface area contributed by atoms with Crippen molar-refractivity contribution in [1.82, 2.24) is 0 Å². The van der Waals surface area contributed by atoms with E-state index in [9.17, 15) is 0 Å². The second kappa shape index (κ2) is 5.10. The lowest BCUT2D eigenvalue weighted by Crippen LogP contribution is -1.96. The van der Waals surface area contributed by atoms with Crippen LogP contribution >= 0.6 is 0 Å². The molecule has 5 rings (SSSR count). The molecule has 0 aromatic heterocycles. The van der Waals surface area contributed by atoms with E-state index in [4.69, 9.17) is 18.9 Å². The minimum atomic E-state index is 0.660. The van der Waals surface area contributed by atoms with E-state index >= 15 is 0 Å². The van der Waals surface area contributed by atoms with Crippen molar-refractivity contribution < 1.29 is 18.9 Å². The normalized spacial score (nSPS) is 15.8. The molecule has 0 saturated heterocycles. The second-order valence-electron chi connectivity index (χ2n) is 6.39. The highest BCUT2D eigenvalue weighted by Gasteiger charge is 2.22. The molecule has 0 radical (unpaired) electrons. The molecule has 4 heteroatoms. The number of methoxy groups -OCH3 is 2. The molecule has 3 aromatic carbocycles. The maximum atomic E-state index is 5.82. The van der Waals surface area contributed by atoms with Crippen LogP contribution in [0, 0.1) is 0 Å². The van der Waals surface area contributed by atoms with Gasteiger partial charge in [-0.15, -0.1) is 0 Å². The Morgan fingerprint density at radius 2 is 0.875 bits per heavy atom. The van der Waals surface area contributed by atoms with Crippen LogP contribution in [0.15, 0.2) is 24.3 Å². The van der Waals surface area contributed by atoms with Gasteiger partial charge < -0.3 is 18.9 Å². The zero-order chi connectivity index (χ0) is 16.3. The predicted molar refractivity (Wildman–Crippen MR) is 91.5 cm³/mol. The minimum absolute atomic E-state index is 0.660. The van der Waals surface area contributed by atoms with Gasteiger partial charge in [0.15, 0.2) is 0 Å². The zero-order valence-electron chi connectivity index (χ0n) is 13.8. The molecule has 2 aliphatic heterocycles. The molecule has 4 nitrogen and oxygen atoms in total. The molecule has 0 bridgehead atoms. The van der Waals surface area contributed by atoms with Crippen LogP contribution in [0.1, 0.15) is 22.3 Å². The molecule has 2 aliphatic rings. The average molecular weight is 322 g/mol. The maximum Gasteiger partial charge on any atom is 0.134 e. The molecule has 0 amide bonds. The summed E-state index contributed by atoms with van der Waals surface area (Å²) in [6, 6.07) is 8.73. The number of ether oxygens (including phenoxy) is 4.